The van der Waals surface area contributed by atoms with Gasteiger partial charge in [0.2, 0.25) is 5.95 Å². The Hall–Kier alpha value is -2.65. The van der Waals surface area contributed by atoms with Gasteiger partial charge in [0, 0.05) is 19.1 Å². The van der Waals surface area contributed by atoms with Gasteiger partial charge in [-0.05, 0) is 85.2 Å². The number of benzene rings is 1. The average molecular weight is 429 g/mol. The molecule has 5 aliphatic carbocycles. The van der Waals surface area contributed by atoms with Crippen molar-refractivity contribution >= 4 is 11.8 Å². The zero-order valence-corrected chi connectivity index (χ0v) is 18.6. The van der Waals surface area contributed by atoms with E-state index in [9.17, 15) is 5.26 Å². The number of nitriles is 1. The minimum atomic E-state index is 0.306. The van der Waals surface area contributed by atoms with E-state index in [2.05, 4.69) is 46.0 Å². The van der Waals surface area contributed by atoms with Gasteiger partial charge in [-0.1, -0.05) is 24.3 Å². The van der Waals surface area contributed by atoms with Crippen LogP contribution in [-0.4, -0.2) is 22.6 Å². The van der Waals surface area contributed by atoms with Crippen LogP contribution in [0.15, 0.2) is 30.5 Å². The SMILES string of the molecule is N#Cc1cnc(NCc2ccccc2C2CC2)nc1NCC12CC3C[C@H](C1)C(N)[C@@H](C3)C2. The van der Waals surface area contributed by atoms with Crippen molar-refractivity contribution in [3.05, 3.63) is 47.2 Å². The van der Waals surface area contributed by atoms with E-state index in [1.165, 1.54) is 56.1 Å². The molecule has 4 bridgehead atoms. The summed E-state index contributed by atoms with van der Waals surface area (Å²) in [7, 11) is 0. The Morgan fingerprint density at radius 2 is 1.88 bits per heavy atom. The number of nitrogens with two attached hydrogens (primary N) is 1. The van der Waals surface area contributed by atoms with Gasteiger partial charge in [0.1, 0.15) is 17.5 Å². The Kier molecular flexibility index (Phi) is 4.83. The lowest BCUT2D eigenvalue weighted by Crippen LogP contribution is -2.58. The molecule has 1 heterocycles. The lowest BCUT2D eigenvalue weighted by Gasteiger charge is -2.59. The fourth-order valence-corrected chi connectivity index (χ4v) is 7.07. The third kappa shape index (κ3) is 3.63. The monoisotopic (exact) mass is 428 g/mol. The number of aromatic nitrogens is 2. The fraction of sp³-hybridized carbons (Fsp3) is 0.577. The second kappa shape index (κ2) is 7.74. The van der Waals surface area contributed by atoms with Gasteiger partial charge in [0.05, 0.1) is 6.20 Å². The van der Waals surface area contributed by atoms with Crippen molar-refractivity contribution in [1.29, 1.82) is 5.26 Å². The van der Waals surface area contributed by atoms with Crippen LogP contribution in [0, 0.1) is 34.5 Å². The maximum atomic E-state index is 9.61. The summed E-state index contributed by atoms with van der Waals surface area (Å²) in [5.74, 6) is 4.12. The summed E-state index contributed by atoms with van der Waals surface area (Å²) in [6.45, 7) is 1.57. The third-order valence-corrected chi connectivity index (χ3v) is 8.52. The highest BCUT2D eigenvalue weighted by Gasteiger charge is 2.54. The molecular weight excluding hydrogens is 396 g/mol. The van der Waals surface area contributed by atoms with Gasteiger partial charge < -0.3 is 16.4 Å². The first kappa shape index (κ1) is 20.0. The molecule has 1 aromatic carbocycles. The number of nitrogens with zero attached hydrogens (tertiary/aromatic N) is 3. The van der Waals surface area contributed by atoms with Crippen LogP contribution in [0.1, 0.15) is 67.6 Å². The van der Waals surface area contributed by atoms with Gasteiger partial charge in [-0.2, -0.15) is 10.2 Å². The number of rotatable bonds is 7. The first-order valence-electron chi connectivity index (χ1n) is 12.2. The van der Waals surface area contributed by atoms with Crippen molar-refractivity contribution in [2.75, 3.05) is 17.2 Å². The predicted molar refractivity (Wildman–Crippen MR) is 125 cm³/mol. The molecule has 6 nitrogen and oxygen atoms in total. The Labute approximate surface area is 190 Å². The largest absolute Gasteiger partial charge is 0.368 e. The summed E-state index contributed by atoms with van der Waals surface area (Å²) in [6.07, 6.45) is 10.5. The number of hydrogen-bond donors (Lipinski definition) is 3. The first-order valence-corrected chi connectivity index (χ1v) is 12.2. The smallest absolute Gasteiger partial charge is 0.224 e. The minimum absolute atomic E-state index is 0.306. The van der Waals surface area contributed by atoms with Crippen LogP contribution < -0.4 is 16.4 Å². The van der Waals surface area contributed by atoms with Gasteiger partial charge in [0.15, 0.2) is 0 Å². The zero-order valence-electron chi connectivity index (χ0n) is 18.6. The number of nitrogens with one attached hydrogen (secondary N) is 2. The van der Waals surface area contributed by atoms with Gasteiger partial charge >= 0.3 is 0 Å². The molecule has 0 spiro atoms. The Morgan fingerprint density at radius 1 is 1.09 bits per heavy atom. The Balaban J connectivity index is 1.16. The van der Waals surface area contributed by atoms with Crippen molar-refractivity contribution in [2.45, 2.75) is 63.5 Å². The van der Waals surface area contributed by atoms with Crippen LogP contribution in [0.2, 0.25) is 0 Å². The first-order chi connectivity index (χ1) is 15.6. The van der Waals surface area contributed by atoms with E-state index in [-0.39, 0.29) is 0 Å². The lowest BCUT2D eigenvalue weighted by atomic mass is 9.48. The van der Waals surface area contributed by atoms with E-state index < -0.39 is 0 Å². The molecule has 0 amide bonds. The van der Waals surface area contributed by atoms with Crippen molar-refractivity contribution in [1.82, 2.24) is 9.97 Å². The highest BCUT2D eigenvalue weighted by molar-refractivity contribution is 5.53. The number of anilines is 2. The fourth-order valence-electron chi connectivity index (χ4n) is 7.07. The van der Waals surface area contributed by atoms with Crippen LogP contribution >= 0.6 is 0 Å². The van der Waals surface area contributed by atoms with E-state index in [4.69, 9.17) is 10.7 Å². The molecule has 3 unspecified atom stereocenters. The molecule has 5 aliphatic rings. The summed E-state index contributed by atoms with van der Waals surface area (Å²) in [5, 5.41) is 16.6. The highest BCUT2D eigenvalue weighted by atomic mass is 15.1. The zero-order chi connectivity index (χ0) is 21.7. The summed E-state index contributed by atoms with van der Waals surface area (Å²) < 4.78 is 0. The quantitative estimate of drug-likeness (QED) is 0.604. The van der Waals surface area contributed by atoms with Gasteiger partial charge in [0.25, 0.3) is 0 Å². The second-order valence-corrected chi connectivity index (χ2v) is 10.8. The molecular formula is C26H32N6. The normalized spacial score (nSPS) is 32.5. The van der Waals surface area contributed by atoms with Gasteiger partial charge in [-0.15, -0.1) is 0 Å². The maximum Gasteiger partial charge on any atom is 0.224 e. The molecule has 5 fully saturated rings. The van der Waals surface area contributed by atoms with Crippen LogP contribution in [0.5, 0.6) is 0 Å². The van der Waals surface area contributed by atoms with Crippen LogP contribution in [-0.2, 0) is 6.54 Å². The molecule has 1 aromatic heterocycles. The molecule has 7 rings (SSSR count). The summed E-state index contributed by atoms with van der Waals surface area (Å²) in [5.41, 5.74) is 10.1. The average Bonchev–Trinajstić information content (AvgIpc) is 3.65. The van der Waals surface area contributed by atoms with Crippen molar-refractivity contribution in [3.63, 3.8) is 0 Å². The van der Waals surface area contributed by atoms with E-state index in [1.54, 1.807) is 6.20 Å². The molecule has 2 aromatic rings. The molecule has 5 saturated carbocycles. The lowest BCUT2D eigenvalue weighted by molar-refractivity contribution is -0.0591. The van der Waals surface area contributed by atoms with Crippen LogP contribution in [0.3, 0.4) is 0 Å². The van der Waals surface area contributed by atoms with Crippen molar-refractivity contribution in [3.8, 4) is 6.07 Å². The highest BCUT2D eigenvalue weighted by Crippen LogP contribution is 2.59. The van der Waals surface area contributed by atoms with Crippen LogP contribution in [0.4, 0.5) is 11.8 Å². The van der Waals surface area contributed by atoms with Crippen LogP contribution in [0.25, 0.3) is 0 Å². The molecule has 0 aliphatic heterocycles. The molecule has 0 radical (unpaired) electrons. The van der Waals surface area contributed by atoms with Gasteiger partial charge in [-0.25, -0.2) is 4.98 Å². The van der Waals surface area contributed by atoms with E-state index >= 15 is 0 Å². The molecule has 4 N–H and O–H groups in total. The van der Waals surface area contributed by atoms with E-state index in [1.807, 2.05) is 0 Å². The van der Waals surface area contributed by atoms with Crippen molar-refractivity contribution < 1.29 is 0 Å². The minimum Gasteiger partial charge on any atom is -0.368 e. The standard InChI is InChI=1S/C26H32N6/c27-12-21-14-30-25(29-13-18-3-1-2-4-22(18)17-5-6-17)32-24(21)31-15-26-9-16-7-19(10-26)23(28)20(8-16)11-26/h1-4,14,16-17,19-20,23H,5-11,13,15,28H2,(H2,29,30,31,32)/t16?,19-,20+,23?,26?. The number of hydrogen-bond acceptors (Lipinski definition) is 6. The Bertz CT molecular complexity index is 1040. The summed E-state index contributed by atoms with van der Waals surface area (Å²) >= 11 is 0. The topological polar surface area (TPSA) is 99.6 Å². The van der Waals surface area contributed by atoms with Gasteiger partial charge in [-0.3, -0.25) is 0 Å². The summed E-state index contributed by atoms with van der Waals surface area (Å²) in [4.78, 5) is 9.10. The molecule has 5 atom stereocenters. The Morgan fingerprint density at radius 3 is 2.62 bits per heavy atom. The van der Waals surface area contributed by atoms with Crippen molar-refractivity contribution in [2.24, 2.45) is 28.9 Å². The molecule has 166 valence electrons. The molecule has 6 heteroatoms. The summed E-state index contributed by atoms with van der Waals surface area (Å²) in [6, 6.07) is 11.3. The van der Waals surface area contributed by atoms with E-state index in [0.717, 1.165) is 12.5 Å². The second-order valence-electron chi connectivity index (χ2n) is 10.8. The maximum absolute atomic E-state index is 9.61. The predicted octanol–water partition coefficient (Wildman–Crippen LogP) is 4.40. The molecule has 32 heavy (non-hydrogen) atoms. The molecule has 0 saturated heterocycles. The third-order valence-electron chi connectivity index (χ3n) is 8.52. The van der Waals surface area contributed by atoms with E-state index in [0.29, 0.717) is 53.1 Å².